The molecule has 1 amide bonds. The van der Waals surface area contributed by atoms with E-state index < -0.39 is 11.7 Å². The Balaban J connectivity index is 1.63. The van der Waals surface area contributed by atoms with Gasteiger partial charge in [0, 0.05) is 17.9 Å². The molecular weight excluding hydrogens is 349 g/mol. The average molecular weight is 367 g/mol. The molecule has 4 rings (SSSR count). The fourth-order valence-electron chi connectivity index (χ4n) is 3.06. The molecule has 0 spiro atoms. The number of nitrogens with one attached hydrogen (secondary N) is 1. The van der Waals surface area contributed by atoms with Gasteiger partial charge >= 0.3 is 0 Å². The van der Waals surface area contributed by atoms with Crippen LogP contribution < -0.4 is 5.32 Å². The maximum absolute atomic E-state index is 13.8. The molecule has 0 atom stereocenters. The van der Waals surface area contributed by atoms with E-state index in [2.05, 4.69) is 22.0 Å². The van der Waals surface area contributed by atoms with Gasteiger partial charge in [-0.15, -0.1) is 0 Å². The van der Waals surface area contributed by atoms with Crippen LogP contribution in [0.3, 0.4) is 0 Å². The first-order valence-electron chi connectivity index (χ1n) is 8.45. The number of imidazole rings is 1. The van der Waals surface area contributed by atoms with Gasteiger partial charge in [-0.25, -0.2) is 9.37 Å². The van der Waals surface area contributed by atoms with E-state index in [-0.39, 0.29) is 5.56 Å². The molecule has 1 N–H and O–H groups in total. The minimum atomic E-state index is -0.516. The molecule has 1 aliphatic heterocycles. The molecule has 26 heavy (non-hydrogen) atoms. The number of halogens is 1. The van der Waals surface area contributed by atoms with Gasteiger partial charge in [-0.2, -0.15) is 0 Å². The van der Waals surface area contributed by atoms with E-state index >= 15 is 0 Å². The predicted octanol–water partition coefficient (Wildman–Crippen LogP) is 4.03. The Hall–Kier alpha value is -2.60. The second-order valence-electron chi connectivity index (χ2n) is 6.22. The SMILES string of the molecule is Cc1ccc(-c2nc3n(c2CNC(=O)c2ccccc2F)CCS3)cc1. The van der Waals surface area contributed by atoms with Crippen molar-refractivity contribution in [3.8, 4) is 11.3 Å². The van der Waals surface area contributed by atoms with Gasteiger partial charge < -0.3 is 9.88 Å². The van der Waals surface area contributed by atoms with Crippen molar-refractivity contribution in [3.05, 3.63) is 71.2 Å². The van der Waals surface area contributed by atoms with E-state index in [1.54, 1.807) is 23.9 Å². The van der Waals surface area contributed by atoms with Gasteiger partial charge in [0.05, 0.1) is 23.5 Å². The summed E-state index contributed by atoms with van der Waals surface area (Å²) in [6, 6.07) is 14.2. The minimum absolute atomic E-state index is 0.0555. The van der Waals surface area contributed by atoms with E-state index in [1.165, 1.54) is 17.7 Å². The number of hydrogen-bond acceptors (Lipinski definition) is 3. The molecule has 3 aromatic rings. The fourth-order valence-corrected chi connectivity index (χ4v) is 4.03. The van der Waals surface area contributed by atoms with Crippen molar-refractivity contribution in [2.45, 2.75) is 25.2 Å². The summed E-state index contributed by atoms with van der Waals surface area (Å²) in [5.41, 5.74) is 4.09. The van der Waals surface area contributed by atoms with Gasteiger partial charge in [-0.3, -0.25) is 4.79 Å². The Morgan fingerprint density at radius 1 is 1.23 bits per heavy atom. The quantitative estimate of drug-likeness (QED) is 0.757. The van der Waals surface area contributed by atoms with Crippen molar-refractivity contribution in [1.29, 1.82) is 0 Å². The molecule has 6 heteroatoms. The Kier molecular flexibility index (Phi) is 4.51. The number of thioether (sulfide) groups is 1. The van der Waals surface area contributed by atoms with Crippen LogP contribution in [0, 0.1) is 12.7 Å². The number of aryl methyl sites for hydroxylation is 1. The maximum Gasteiger partial charge on any atom is 0.254 e. The van der Waals surface area contributed by atoms with Crippen molar-refractivity contribution in [3.63, 3.8) is 0 Å². The summed E-state index contributed by atoms with van der Waals surface area (Å²) in [5, 5.41) is 3.81. The first-order chi connectivity index (χ1) is 12.6. The molecule has 0 saturated heterocycles. The Morgan fingerprint density at radius 3 is 2.77 bits per heavy atom. The van der Waals surface area contributed by atoms with Gasteiger partial charge in [-0.1, -0.05) is 53.7 Å². The van der Waals surface area contributed by atoms with Crippen LogP contribution in [0.4, 0.5) is 4.39 Å². The number of rotatable bonds is 4. The molecule has 0 unspecified atom stereocenters. The lowest BCUT2D eigenvalue weighted by atomic mass is 10.1. The van der Waals surface area contributed by atoms with Gasteiger partial charge in [0.15, 0.2) is 5.16 Å². The van der Waals surface area contributed by atoms with Gasteiger partial charge in [0.25, 0.3) is 5.91 Å². The van der Waals surface area contributed by atoms with Gasteiger partial charge in [-0.05, 0) is 19.1 Å². The molecule has 0 radical (unpaired) electrons. The fraction of sp³-hybridized carbons (Fsp3) is 0.200. The monoisotopic (exact) mass is 367 g/mol. The molecule has 1 aliphatic rings. The molecule has 1 aromatic heterocycles. The number of carbonyl (C=O) groups excluding carboxylic acids is 1. The van der Waals surface area contributed by atoms with E-state index in [9.17, 15) is 9.18 Å². The molecule has 0 bridgehead atoms. The van der Waals surface area contributed by atoms with Crippen LogP contribution in [-0.4, -0.2) is 21.2 Å². The summed E-state index contributed by atoms with van der Waals surface area (Å²) < 4.78 is 16.0. The molecule has 2 aromatic carbocycles. The van der Waals surface area contributed by atoms with Crippen molar-refractivity contribution in [2.24, 2.45) is 0 Å². The molecule has 4 nitrogen and oxygen atoms in total. The second kappa shape index (κ2) is 6.96. The first kappa shape index (κ1) is 16.8. The zero-order valence-corrected chi connectivity index (χ0v) is 15.1. The summed E-state index contributed by atoms with van der Waals surface area (Å²) in [7, 11) is 0. The predicted molar refractivity (Wildman–Crippen MR) is 101 cm³/mol. The molecular formula is C20H18FN3OS. The second-order valence-corrected chi connectivity index (χ2v) is 7.28. The van der Waals surface area contributed by atoms with Crippen LogP contribution in [-0.2, 0) is 13.1 Å². The smallest absolute Gasteiger partial charge is 0.254 e. The number of carbonyl (C=O) groups is 1. The number of nitrogens with zero attached hydrogens (tertiary/aromatic N) is 2. The van der Waals surface area contributed by atoms with Gasteiger partial charge in [0.2, 0.25) is 0 Å². The average Bonchev–Trinajstić information content (AvgIpc) is 3.22. The van der Waals surface area contributed by atoms with Gasteiger partial charge in [0.1, 0.15) is 5.82 Å². The minimum Gasteiger partial charge on any atom is -0.346 e. The maximum atomic E-state index is 13.8. The zero-order valence-electron chi connectivity index (χ0n) is 14.3. The lowest BCUT2D eigenvalue weighted by Crippen LogP contribution is -2.25. The molecule has 132 valence electrons. The summed E-state index contributed by atoms with van der Waals surface area (Å²) in [6.45, 7) is 3.22. The van der Waals surface area contributed by atoms with Crippen LogP contribution >= 0.6 is 11.8 Å². The van der Waals surface area contributed by atoms with E-state index in [0.717, 1.165) is 34.4 Å². The van der Waals surface area contributed by atoms with E-state index in [1.807, 2.05) is 19.1 Å². The van der Waals surface area contributed by atoms with Crippen LogP contribution in [0.2, 0.25) is 0 Å². The summed E-state index contributed by atoms with van der Waals surface area (Å²) >= 11 is 1.71. The normalized spacial score (nSPS) is 12.8. The number of amides is 1. The van der Waals surface area contributed by atoms with Crippen LogP contribution in [0.1, 0.15) is 21.6 Å². The van der Waals surface area contributed by atoms with Crippen molar-refractivity contribution < 1.29 is 9.18 Å². The molecule has 2 heterocycles. The highest BCUT2D eigenvalue weighted by Crippen LogP contribution is 2.33. The highest BCUT2D eigenvalue weighted by atomic mass is 32.2. The van der Waals surface area contributed by atoms with Crippen LogP contribution in [0.5, 0.6) is 0 Å². The first-order valence-corrected chi connectivity index (χ1v) is 9.44. The van der Waals surface area contributed by atoms with Crippen molar-refractivity contribution in [1.82, 2.24) is 14.9 Å². The Morgan fingerprint density at radius 2 is 2.00 bits per heavy atom. The lowest BCUT2D eigenvalue weighted by Gasteiger charge is -2.10. The number of hydrogen-bond donors (Lipinski definition) is 1. The third-order valence-electron chi connectivity index (χ3n) is 4.44. The van der Waals surface area contributed by atoms with Crippen molar-refractivity contribution >= 4 is 17.7 Å². The third kappa shape index (κ3) is 3.12. The van der Waals surface area contributed by atoms with E-state index in [0.29, 0.717) is 6.54 Å². The standard InChI is InChI=1S/C20H18FN3OS/c1-13-6-8-14(9-7-13)18-17(24-10-11-26-20(24)23-18)12-22-19(25)15-4-2-3-5-16(15)21/h2-9H,10-12H2,1H3,(H,22,25). The third-order valence-corrected chi connectivity index (χ3v) is 5.40. The summed E-state index contributed by atoms with van der Waals surface area (Å²) in [5.74, 6) is 0.0436. The number of aromatic nitrogens is 2. The largest absolute Gasteiger partial charge is 0.346 e. The Bertz CT molecular complexity index is 966. The number of fused-ring (bicyclic) bond motifs is 1. The topological polar surface area (TPSA) is 46.9 Å². The lowest BCUT2D eigenvalue weighted by molar-refractivity contribution is 0.0946. The number of benzene rings is 2. The zero-order chi connectivity index (χ0) is 18.1. The van der Waals surface area contributed by atoms with Crippen LogP contribution in [0.15, 0.2) is 53.7 Å². The summed E-state index contributed by atoms with van der Waals surface area (Å²) in [4.78, 5) is 17.1. The van der Waals surface area contributed by atoms with E-state index in [4.69, 9.17) is 4.98 Å². The molecule has 0 fully saturated rings. The summed E-state index contributed by atoms with van der Waals surface area (Å²) in [6.07, 6.45) is 0. The van der Waals surface area contributed by atoms with Crippen LogP contribution in [0.25, 0.3) is 11.3 Å². The van der Waals surface area contributed by atoms with Crippen molar-refractivity contribution in [2.75, 3.05) is 5.75 Å². The molecule has 0 saturated carbocycles. The highest BCUT2D eigenvalue weighted by Gasteiger charge is 2.23. The highest BCUT2D eigenvalue weighted by molar-refractivity contribution is 7.99. The molecule has 0 aliphatic carbocycles. The Labute approximate surface area is 155 Å².